The first kappa shape index (κ1) is 18.8. The van der Waals surface area contributed by atoms with Gasteiger partial charge in [0.1, 0.15) is 0 Å². The van der Waals surface area contributed by atoms with Crippen LogP contribution in [0.1, 0.15) is 69.0 Å². The molecule has 0 saturated heterocycles. The second-order valence-electron chi connectivity index (χ2n) is 8.41. The van der Waals surface area contributed by atoms with E-state index in [9.17, 15) is 9.59 Å². The number of ketones is 2. The Morgan fingerprint density at radius 2 is 1.88 bits per heavy atom. The minimum atomic E-state index is -0.190. The van der Waals surface area contributed by atoms with E-state index in [0.29, 0.717) is 33.6 Å². The number of hydrogen-bond donors (Lipinski definition) is 1. The van der Waals surface area contributed by atoms with Gasteiger partial charge in [-0.1, -0.05) is 6.08 Å². The van der Waals surface area contributed by atoms with Gasteiger partial charge in [-0.25, -0.2) is 9.97 Å². The fourth-order valence-corrected chi connectivity index (χ4v) is 4.71. The molecule has 6 rings (SSSR count). The lowest BCUT2D eigenvalue weighted by molar-refractivity contribution is 0.0977. The summed E-state index contributed by atoms with van der Waals surface area (Å²) < 4.78 is 0. The molecule has 0 atom stereocenters. The molecule has 0 fully saturated rings. The quantitative estimate of drug-likeness (QED) is 0.431. The standard InChI is InChI=1S/C26H20N4O2/c1-14-11-21(15-5-3-2-4-6-15)30-26(28-14)16-7-8-20-18(12-16)22-23(29-20)25(32)17-9-10-27-13-19(17)24(22)31/h5,7-13,29H,2-4,6H2,1H3. The Kier molecular flexibility index (Phi) is 4.15. The number of rotatable bonds is 2. The SMILES string of the molecule is Cc1cc(C2=CCCCC2)nc(-c2ccc3[nH]c4c(c3c2)C(=O)c2cnccc2C4=O)n1. The highest BCUT2D eigenvalue weighted by molar-refractivity contribution is 6.32. The number of nitrogens with one attached hydrogen (secondary N) is 1. The summed E-state index contributed by atoms with van der Waals surface area (Å²) in [5, 5.41) is 0.703. The Morgan fingerprint density at radius 1 is 0.969 bits per heavy atom. The molecule has 3 heterocycles. The van der Waals surface area contributed by atoms with Crippen LogP contribution in [0.5, 0.6) is 0 Å². The monoisotopic (exact) mass is 420 g/mol. The van der Waals surface area contributed by atoms with Crippen molar-refractivity contribution < 1.29 is 9.59 Å². The van der Waals surface area contributed by atoms with Gasteiger partial charge in [0, 0.05) is 40.1 Å². The molecule has 0 radical (unpaired) electrons. The zero-order chi connectivity index (χ0) is 21.8. The minimum absolute atomic E-state index is 0.187. The molecule has 156 valence electrons. The number of pyridine rings is 1. The summed E-state index contributed by atoms with van der Waals surface area (Å²) in [6.07, 6.45) is 9.79. The number of aromatic amines is 1. The normalized spacial score (nSPS) is 15.5. The molecule has 2 aliphatic carbocycles. The number of allylic oxidation sites excluding steroid dienone is 2. The highest BCUT2D eigenvalue weighted by atomic mass is 16.1. The fourth-order valence-electron chi connectivity index (χ4n) is 4.71. The van der Waals surface area contributed by atoms with Crippen LogP contribution in [0, 0.1) is 6.92 Å². The molecule has 0 unspecified atom stereocenters. The molecule has 3 aromatic heterocycles. The number of aryl methyl sites for hydroxylation is 1. The van der Waals surface area contributed by atoms with Gasteiger partial charge in [0.15, 0.2) is 11.6 Å². The van der Waals surface area contributed by atoms with E-state index in [2.05, 4.69) is 21.0 Å². The summed E-state index contributed by atoms with van der Waals surface area (Å²) in [6.45, 7) is 1.97. The number of hydrogen-bond acceptors (Lipinski definition) is 5. The lowest BCUT2D eigenvalue weighted by Crippen LogP contribution is -2.20. The molecule has 0 bridgehead atoms. The Morgan fingerprint density at radius 3 is 2.72 bits per heavy atom. The number of carbonyl (C=O) groups excluding carboxylic acids is 2. The van der Waals surface area contributed by atoms with Crippen molar-refractivity contribution >= 4 is 28.0 Å². The van der Waals surface area contributed by atoms with Crippen LogP contribution in [0.4, 0.5) is 0 Å². The first-order valence-corrected chi connectivity index (χ1v) is 10.8. The van der Waals surface area contributed by atoms with E-state index in [4.69, 9.17) is 4.98 Å². The largest absolute Gasteiger partial charge is 0.351 e. The van der Waals surface area contributed by atoms with Crippen molar-refractivity contribution in [2.24, 2.45) is 0 Å². The van der Waals surface area contributed by atoms with Crippen LogP contribution in [0.3, 0.4) is 0 Å². The van der Waals surface area contributed by atoms with Crippen LogP contribution in [0.25, 0.3) is 27.9 Å². The predicted octanol–water partition coefficient (Wildman–Crippen LogP) is 5.06. The van der Waals surface area contributed by atoms with E-state index in [1.807, 2.05) is 31.2 Å². The van der Waals surface area contributed by atoms with E-state index in [0.717, 1.165) is 35.3 Å². The molecule has 4 aromatic rings. The first-order valence-electron chi connectivity index (χ1n) is 10.8. The molecule has 0 saturated carbocycles. The third-order valence-corrected chi connectivity index (χ3v) is 6.30. The van der Waals surface area contributed by atoms with Crippen LogP contribution in [-0.4, -0.2) is 31.5 Å². The number of H-pyrrole nitrogens is 1. The topological polar surface area (TPSA) is 88.6 Å². The third-order valence-electron chi connectivity index (χ3n) is 6.30. The molecular formula is C26H20N4O2. The maximum atomic E-state index is 13.2. The van der Waals surface area contributed by atoms with Crippen molar-refractivity contribution in [3.05, 3.63) is 82.6 Å². The van der Waals surface area contributed by atoms with Gasteiger partial charge in [-0.15, -0.1) is 0 Å². The Hall–Kier alpha value is -3.93. The summed E-state index contributed by atoms with van der Waals surface area (Å²) in [5.74, 6) is 0.248. The van der Waals surface area contributed by atoms with Crippen LogP contribution in [0.2, 0.25) is 0 Å². The van der Waals surface area contributed by atoms with Crippen molar-refractivity contribution in [1.82, 2.24) is 19.9 Å². The van der Waals surface area contributed by atoms with E-state index >= 15 is 0 Å². The maximum Gasteiger partial charge on any atom is 0.210 e. The third kappa shape index (κ3) is 2.83. The number of aromatic nitrogens is 4. The van der Waals surface area contributed by atoms with Gasteiger partial charge < -0.3 is 4.98 Å². The molecule has 1 N–H and O–H groups in total. The molecule has 6 heteroatoms. The Balaban J connectivity index is 1.51. The van der Waals surface area contributed by atoms with Gasteiger partial charge >= 0.3 is 0 Å². The average Bonchev–Trinajstić information content (AvgIpc) is 3.22. The zero-order valence-corrected chi connectivity index (χ0v) is 17.6. The number of nitrogens with zero attached hydrogens (tertiary/aromatic N) is 3. The molecule has 0 spiro atoms. The first-order chi connectivity index (χ1) is 15.6. The van der Waals surface area contributed by atoms with Crippen molar-refractivity contribution in [2.45, 2.75) is 32.6 Å². The van der Waals surface area contributed by atoms with E-state index in [-0.39, 0.29) is 11.6 Å². The van der Waals surface area contributed by atoms with Crippen LogP contribution >= 0.6 is 0 Å². The summed E-state index contributed by atoms with van der Waals surface area (Å²) in [7, 11) is 0. The molecule has 1 aromatic carbocycles. The van der Waals surface area contributed by atoms with Gasteiger partial charge in [-0.2, -0.15) is 0 Å². The number of carbonyl (C=O) groups is 2. The van der Waals surface area contributed by atoms with Gasteiger partial charge in [0.25, 0.3) is 0 Å². The van der Waals surface area contributed by atoms with Crippen molar-refractivity contribution in [3.8, 4) is 11.4 Å². The molecule has 32 heavy (non-hydrogen) atoms. The second kappa shape index (κ2) is 7.05. The molecular weight excluding hydrogens is 400 g/mol. The molecule has 0 amide bonds. The highest BCUT2D eigenvalue weighted by Gasteiger charge is 2.33. The van der Waals surface area contributed by atoms with Gasteiger partial charge in [0.05, 0.1) is 22.5 Å². The molecule has 6 nitrogen and oxygen atoms in total. The minimum Gasteiger partial charge on any atom is -0.351 e. The van der Waals surface area contributed by atoms with Crippen LogP contribution < -0.4 is 0 Å². The lowest BCUT2D eigenvalue weighted by atomic mass is 9.88. The summed E-state index contributed by atoms with van der Waals surface area (Å²) >= 11 is 0. The predicted molar refractivity (Wildman–Crippen MR) is 122 cm³/mol. The Bertz CT molecular complexity index is 1480. The van der Waals surface area contributed by atoms with E-state index in [1.165, 1.54) is 30.8 Å². The summed E-state index contributed by atoms with van der Waals surface area (Å²) in [6, 6.07) is 9.35. The van der Waals surface area contributed by atoms with Crippen molar-refractivity contribution in [3.63, 3.8) is 0 Å². The van der Waals surface area contributed by atoms with Crippen molar-refractivity contribution in [1.29, 1.82) is 0 Å². The Labute approximate surface area is 184 Å². The summed E-state index contributed by atoms with van der Waals surface area (Å²) in [5.41, 5.74) is 6.16. The number of benzene rings is 1. The van der Waals surface area contributed by atoms with E-state index < -0.39 is 0 Å². The molecule has 2 aliphatic rings. The van der Waals surface area contributed by atoms with Crippen LogP contribution in [0.15, 0.2) is 48.8 Å². The second-order valence-corrected chi connectivity index (χ2v) is 8.41. The molecule has 0 aliphatic heterocycles. The van der Waals surface area contributed by atoms with Crippen molar-refractivity contribution in [2.75, 3.05) is 0 Å². The smallest absolute Gasteiger partial charge is 0.210 e. The number of fused-ring (bicyclic) bond motifs is 4. The fraction of sp³-hybridized carbons (Fsp3) is 0.192. The lowest BCUT2D eigenvalue weighted by Gasteiger charge is -2.14. The van der Waals surface area contributed by atoms with E-state index in [1.54, 1.807) is 6.07 Å². The van der Waals surface area contributed by atoms with Crippen LogP contribution in [-0.2, 0) is 0 Å². The average molecular weight is 420 g/mol. The summed E-state index contributed by atoms with van der Waals surface area (Å²) in [4.78, 5) is 42.9. The van der Waals surface area contributed by atoms with Gasteiger partial charge in [-0.3, -0.25) is 14.6 Å². The van der Waals surface area contributed by atoms with Gasteiger partial charge in [0.2, 0.25) is 5.78 Å². The maximum absolute atomic E-state index is 13.2. The highest BCUT2D eigenvalue weighted by Crippen LogP contribution is 2.34. The zero-order valence-electron chi connectivity index (χ0n) is 17.6. The van der Waals surface area contributed by atoms with Gasteiger partial charge in [-0.05, 0) is 68.5 Å².